The lowest BCUT2D eigenvalue weighted by molar-refractivity contribution is -0.122. The van der Waals surface area contributed by atoms with Crippen LogP contribution in [0, 0.1) is 5.41 Å². The Morgan fingerprint density at radius 2 is 2.00 bits per heavy atom. The molecule has 2 aromatic rings. The van der Waals surface area contributed by atoms with E-state index < -0.39 is 0 Å². The number of rotatable bonds is 4. The van der Waals surface area contributed by atoms with Crippen LogP contribution < -0.4 is 5.32 Å². The van der Waals surface area contributed by atoms with Crippen molar-refractivity contribution in [3.8, 4) is 0 Å². The highest BCUT2D eigenvalue weighted by Gasteiger charge is 2.15. The maximum absolute atomic E-state index is 11.8. The van der Waals surface area contributed by atoms with E-state index in [-0.39, 0.29) is 11.3 Å². The van der Waals surface area contributed by atoms with E-state index in [1.54, 1.807) is 0 Å². The monoisotopic (exact) mass is 273 g/mol. The van der Waals surface area contributed by atoms with Crippen LogP contribution in [0.25, 0.3) is 11.0 Å². The van der Waals surface area contributed by atoms with Crippen LogP contribution in [0.2, 0.25) is 0 Å². The molecule has 0 saturated carbocycles. The van der Waals surface area contributed by atoms with Crippen molar-refractivity contribution < 1.29 is 4.79 Å². The lowest BCUT2D eigenvalue weighted by Gasteiger charge is -2.17. The van der Waals surface area contributed by atoms with Crippen LogP contribution in [0.3, 0.4) is 0 Å². The number of nitrogens with one attached hydrogen (secondary N) is 1. The molecule has 108 valence electrons. The highest BCUT2D eigenvalue weighted by atomic mass is 16.1. The lowest BCUT2D eigenvalue weighted by Crippen LogP contribution is -2.29. The number of carbonyl (C=O) groups excluding carboxylic acids is 1. The minimum atomic E-state index is 0.0297. The molecule has 1 amide bonds. The Hall–Kier alpha value is -1.84. The van der Waals surface area contributed by atoms with E-state index in [1.165, 1.54) is 0 Å². The topological polar surface area (TPSA) is 46.9 Å². The van der Waals surface area contributed by atoms with Crippen molar-refractivity contribution in [3.63, 3.8) is 0 Å². The predicted octanol–water partition coefficient (Wildman–Crippen LogP) is 2.67. The second-order valence-corrected chi connectivity index (χ2v) is 6.41. The SMILES string of the molecule is Cn1c(CCNC(=O)CC(C)(C)C)nc2ccccc21. The molecule has 0 radical (unpaired) electrons. The summed E-state index contributed by atoms with van der Waals surface area (Å²) >= 11 is 0. The van der Waals surface area contributed by atoms with E-state index in [0.717, 1.165) is 23.3 Å². The summed E-state index contributed by atoms with van der Waals surface area (Å²) in [6.07, 6.45) is 1.30. The minimum Gasteiger partial charge on any atom is -0.356 e. The van der Waals surface area contributed by atoms with Gasteiger partial charge in [-0.25, -0.2) is 4.98 Å². The van der Waals surface area contributed by atoms with Crippen LogP contribution in [0.5, 0.6) is 0 Å². The molecule has 20 heavy (non-hydrogen) atoms. The third-order valence-corrected chi connectivity index (χ3v) is 3.24. The summed E-state index contributed by atoms with van der Waals surface area (Å²) in [7, 11) is 2.02. The van der Waals surface area contributed by atoms with Crippen LogP contribution >= 0.6 is 0 Å². The number of benzene rings is 1. The van der Waals surface area contributed by atoms with Gasteiger partial charge in [0, 0.05) is 26.4 Å². The average Bonchev–Trinajstić information content (AvgIpc) is 2.65. The fourth-order valence-corrected chi connectivity index (χ4v) is 2.28. The highest BCUT2D eigenvalue weighted by molar-refractivity contribution is 5.77. The number of amides is 1. The summed E-state index contributed by atoms with van der Waals surface area (Å²) in [6, 6.07) is 8.07. The fraction of sp³-hybridized carbons (Fsp3) is 0.500. The van der Waals surface area contributed by atoms with Gasteiger partial charge >= 0.3 is 0 Å². The molecule has 0 aliphatic carbocycles. The summed E-state index contributed by atoms with van der Waals surface area (Å²) in [5.74, 6) is 1.11. The van der Waals surface area contributed by atoms with E-state index in [1.807, 2.05) is 25.2 Å². The maximum atomic E-state index is 11.8. The molecule has 4 nitrogen and oxygen atoms in total. The molecule has 0 saturated heterocycles. The van der Waals surface area contributed by atoms with Gasteiger partial charge in [-0.3, -0.25) is 4.79 Å². The molecule has 1 N–H and O–H groups in total. The molecule has 0 fully saturated rings. The van der Waals surface area contributed by atoms with Gasteiger partial charge in [0.15, 0.2) is 0 Å². The summed E-state index contributed by atoms with van der Waals surface area (Å²) < 4.78 is 2.09. The molecule has 0 aliphatic rings. The summed E-state index contributed by atoms with van der Waals surface area (Å²) in [6.45, 7) is 6.83. The molecule has 4 heteroatoms. The standard InChI is InChI=1S/C16H23N3O/c1-16(2,3)11-15(20)17-10-9-14-18-12-7-5-6-8-13(12)19(14)4/h5-8H,9-11H2,1-4H3,(H,17,20). The van der Waals surface area contributed by atoms with Crippen molar-refractivity contribution in [1.82, 2.24) is 14.9 Å². The Morgan fingerprint density at radius 1 is 1.30 bits per heavy atom. The Morgan fingerprint density at radius 3 is 2.65 bits per heavy atom. The van der Waals surface area contributed by atoms with Gasteiger partial charge in [0.1, 0.15) is 5.82 Å². The largest absolute Gasteiger partial charge is 0.356 e. The molecule has 2 rings (SSSR count). The lowest BCUT2D eigenvalue weighted by atomic mass is 9.92. The van der Waals surface area contributed by atoms with Gasteiger partial charge in [0.2, 0.25) is 5.91 Å². The van der Waals surface area contributed by atoms with E-state index in [9.17, 15) is 4.79 Å². The second kappa shape index (κ2) is 5.65. The molecule has 0 aliphatic heterocycles. The van der Waals surface area contributed by atoms with Gasteiger partial charge < -0.3 is 9.88 Å². The number of hydrogen-bond acceptors (Lipinski definition) is 2. The number of carbonyl (C=O) groups is 1. The zero-order valence-corrected chi connectivity index (χ0v) is 12.7. The van der Waals surface area contributed by atoms with Gasteiger partial charge in [-0.05, 0) is 17.5 Å². The number of aryl methyl sites for hydroxylation is 1. The molecular weight excluding hydrogens is 250 g/mol. The summed E-state index contributed by atoms with van der Waals surface area (Å²) in [4.78, 5) is 16.4. The quantitative estimate of drug-likeness (QED) is 0.931. The average molecular weight is 273 g/mol. The molecule has 0 spiro atoms. The number of nitrogens with zero attached hydrogens (tertiary/aromatic N) is 2. The van der Waals surface area contributed by atoms with Gasteiger partial charge in [-0.15, -0.1) is 0 Å². The Labute approximate surface area is 120 Å². The Kier molecular flexibility index (Phi) is 4.12. The normalized spacial score (nSPS) is 11.8. The van der Waals surface area contributed by atoms with Crippen molar-refractivity contribution in [1.29, 1.82) is 0 Å². The molecule has 1 heterocycles. The maximum Gasteiger partial charge on any atom is 0.220 e. The number of imidazole rings is 1. The first-order chi connectivity index (χ1) is 9.37. The number of hydrogen-bond donors (Lipinski definition) is 1. The van der Waals surface area contributed by atoms with Crippen LogP contribution in [-0.2, 0) is 18.3 Å². The number of fused-ring (bicyclic) bond motifs is 1. The van der Waals surface area contributed by atoms with E-state index >= 15 is 0 Å². The number of para-hydroxylation sites is 2. The van der Waals surface area contributed by atoms with Crippen molar-refractivity contribution in [2.45, 2.75) is 33.6 Å². The first kappa shape index (κ1) is 14.6. The van der Waals surface area contributed by atoms with E-state index in [2.05, 4.69) is 41.7 Å². The molecular formula is C16H23N3O. The predicted molar refractivity (Wildman–Crippen MR) is 81.5 cm³/mol. The van der Waals surface area contributed by atoms with Crippen LogP contribution in [0.15, 0.2) is 24.3 Å². The molecule has 0 atom stereocenters. The van der Waals surface area contributed by atoms with Gasteiger partial charge in [0.05, 0.1) is 11.0 Å². The summed E-state index contributed by atoms with van der Waals surface area (Å²) in [5.41, 5.74) is 2.16. The van der Waals surface area contributed by atoms with Gasteiger partial charge in [-0.2, -0.15) is 0 Å². The van der Waals surface area contributed by atoms with Crippen LogP contribution in [-0.4, -0.2) is 22.0 Å². The third kappa shape index (κ3) is 3.59. The van der Waals surface area contributed by atoms with Gasteiger partial charge in [0.25, 0.3) is 0 Å². The van der Waals surface area contributed by atoms with E-state index in [4.69, 9.17) is 0 Å². The third-order valence-electron chi connectivity index (χ3n) is 3.24. The smallest absolute Gasteiger partial charge is 0.220 e. The molecule has 1 aromatic carbocycles. The first-order valence-corrected chi connectivity index (χ1v) is 7.04. The van der Waals surface area contributed by atoms with E-state index in [0.29, 0.717) is 13.0 Å². The minimum absolute atomic E-state index is 0.0297. The first-order valence-electron chi connectivity index (χ1n) is 7.04. The van der Waals surface area contributed by atoms with Gasteiger partial charge in [-0.1, -0.05) is 32.9 Å². The van der Waals surface area contributed by atoms with Crippen LogP contribution in [0.4, 0.5) is 0 Å². The van der Waals surface area contributed by atoms with Crippen molar-refractivity contribution in [2.75, 3.05) is 6.54 Å². The zero-order chi connectivity index (χ0) is 14.8. The fourth-order valence-electron chi connectivity index (χ4n) is 2.28. The Bertz CT molecular complexity index is 608. The van der Waals surface area contributed by atoms with Crippen molar-refractivity contribution in [3.05, 3.63) is 30.1 Å². The number of aromatic nitrogens is 2. The second-order valence-electron chi connectivity index (χ2n) is 6.41. The van der Waals surface area contributed by atoms with Crippen molar-refractivity contribution in [2.24, 2.45) is 12.5 Å². The molecule has 1 aromatic heterocycles. The highest BCUT2D eigenvalue weighted by Crippen LogP contribution is 2.18. The van der Waals surface area contributed by atoms with Crippen LogP contribution in [0.1, 0.15) is 33.0 Å². The Balaban J connectivity index is 1.93. The summed E-state index contributed by atoms with van der Waals surface area (Å²) in [5, 5.41) is 2.97. The van der Waals surface area contributed by atoms with Crippen molar-refractivity contribution >= 4 is 16.9 Å². The molecule has 0 bridgehead atoms. The zero-order valence-electron chi connectivity index (χ0n) is 12.7. The molecule has 0 unspecified atom stereocenters.